The summed E-state index contributed by atoms with van der Waals surface area (Å²) in [4.78, 5) is 38.3. The molecule has 0 aliphatic rings. The van der Waals surface area contributed by atoms with Crippen molar-refractivity contribution >= 4 is 17.9 Å². The molecule has 0 aliphatic carbocycles. The van der Waals surface area contributed by atoms with Crippen molar-refractivity contribution < 1.29 is 28.6 Å². The Morgan fingerprint density at radius 1 is 0.286 bits per heavy atom. The third-order valence-corrected chi connectivity index (χ3v) is 14.0. The first-order valence-corrected chi connectivity index (χ1v) is 31.0. The molecule has 1 unspecified atom stereocenters. The Bertz CT molecular complexity index is 1170. The van der Waals surface area contributed by atoms with E-state index in [9.17, 15) is 14.4 Å². The van der Waals surface area contributed by atoms with Crippen LogP contribution >= 0.6 is 0 Å². The highest BCUT2D eigenvalue weighted by Crippen LogP contribution is 2.17. The molecule has 410 valence electrons. The van der Waals surface area contributed by atoms with E-state index in [1.54, 1.807) is 0 Å². The molecule has 70 heavy (non-hydrogen) atoms. The van der Waals surface area contributed by atoms with Gasteiger partial charge in [0.05, 0.1) is 0 Å². The molecular weight excluding hydrogens is 865 g/mol. The van der Waals surface area contributed by atoms with E-state index in [-0.39, 0.29) is 31.1 Å². The Balaban J connectivity index is 4.37. The fraction of sp³-hybridized carbons (Fsp3) is 0.859. The average molecular weight is 984 g/mol. The van der Waals surface area contributed by atoms with Crippen LogP contribution in [0.2, 0.25) is 0 Å². The zero-order valence-corrected chi connectivity index (χ0v) is 47.1. The minimum absolute atomic E-state index is 0.0734. The molecule has 6 heteroatoms. The number of carbonyl (C=O) groups is 3. The molecule has 1 atom stereocenters. The van der Waals surface area contributed by atoms with Gasteiger partial charge in [-0.2, -0.15) is 0 Å². The zero-order chi connectivity index (χ0) is 50.7. The highest BCUT2D eigenvalue weighted by Gasteiger charge is 2.19. The molecule has 0 heterocycles. The first kappa shape index (κ1) is 67.6. The maximum Gasteiger partial charge on any atom is 0.306 e. The van der Waals surface area contributed by atoms with Crippen LogP contribution in [0.3, 0.4) is 0 Å². The topological polar surface area (TPSA) is 78.9 Å². The van der Waals surface area contributed by atoms with Crippen molar-refractivity contribution in [2.45, 2.75) is 341 Å². The van der Waals surface area contributed by atoms with Gasteiger partial charge in [0.15, 0.2) is 6.10 Å². The van der Waals surface area contributed by atoms with Crippen molar-refractivity contribution in [3.63, 3.8) is 0 Å². The van der Waals surface area contributed by atoms with Crippen LogP contribution in [0.15, 0.2) is 36.5 Å². The second kappa shape index (κ2) is 59.2. The van der Waals surface area contributed by atoms with Crippen LogP contribution in [0.5, 0.6) is 0 Å². The summed E-state index contributed by atoms with van der Waals surface area (Å²) in [5.41, 5.74) is 0. The van der Waals surface area contributed by atoms with E-state index in [0.29, 0.717) is 19.3 Å². The molecular formula is C64H118O6. The molecule has 0 radical (unpaired) electrons. The van der Waals surface area contributed by atoms with E-state index in [1.807, 2.05) is 0 Å². The second-order valence-corrected chi connectivity index (χ2v) is 21.0. The largest absolute Gasteiger partial charge is 0.462 e. The van der Waals surface area contributed by atoms with E-state index in [1.165, 1.54) is 218 Å². The molecule has 0 aromatic heterocycles. The monoisotopic (exact) mass is 983 g/mol. The molecule has 0 spiro atoms. The van der Waals surface area contributed by atoms with Crippen molar-refractivity contribution in [1.29, 1.82) is 0 Å². The lowest BCUT2D eigenvalue weighted by atomic mass is 10.0. The lowest BCUT2D eigenvalue weighted by Crippen LogP contribution is -2.30. The molecule has 0 saturated carbocycles. The van der Waals surface area contributed by atoms with Gasteiger partial charge in [-0.15, -0.1) is 0 Å². The minimum Gasteiger partial charge on any atom is -0.462 e. The fourth-order valence-corrected chi connectivity index (χ4v) is 9.27. The SMILES string of the molecule is CCCCCCC\C=C/C=C\C=C/CCCCCCCC(=O)OCC(COC(=O)CCCCCCCCCCCCCCCCCC)OC(=O)CCCCCCCCCCCCCCCCCCCC. The van der Waals surface area contributed by atoms with Gasteiger partial charge in [-0.25, -0.2) is 0 Å². The highest BCUT2D eigenvalue weighted by atomic mass is 16.6. The van der Waals surface area contributed by atoms with Crippen LogP contribution in [-0.2, 0) is 28.6 Å². The quantitative estimate of drug-likeness (QED) is 0.0261. The Hall–Kier alpha value is -2.37. The normalized spacial score (nSPS) is 12.2. The van der Waals surface area contributed by atoms with E-state index in [2.05, 4.69) is 57.2 Å². The van der Waals surface area contributed by atoms with Gasteiger partial charge >= 0.3 is 17.9 Å². The van der Waals surface area contributed by atoms with Gasteiger partial charge in [0.2, 0.25) is 0 Å². The molecule has 0 fully saturated rings. The number of unbranched alkanes of at least 4 members (excludes halogenated alkanes) is 42. The number of hydrogen-bond donors (Lipinski definition) is 0. The third kappa shape index (κ3) is 56.5. The van der Waals surface area contributed by atoms with Gasteiger partial charge in [-0.1, -0.05) is 308 Å². The lowest BCUT2D eigenvalue weighted by molar-refractivity contribution is -0.167. The Morgan fingerprint density at radius 2 is 0.514 bits per heavy atom. The van der Waals surface area contributed by atoms with Crippen LogP contribution in [0, 0.1) is 0 Å². The lowest BCUT2D eigenvalue weighted by Gasteiger charge is -2.18. The fourth-order valence-electron chi connectivity index (χ4n) is 9.27. The number of ether oxygens (including phenoxy) is 3. The average Bonchev–Trinajstić information content (AvgIpc) is 3.36. The van der Waals surface area contributed by atoms with Crippen molar-refractivity contribution in [1.82, 2.24) is 0 Å². The predicted molar refractivity (Wildman–Crippen MR) is 302 cm³/mol. The molecule has 6 nitrogen and oxygen atoms in total. The minimum atomic E-state index is -0.777. The van der Waals surface area contributed by atoms with Crippen molar-refractivity contribution in [2.75, 3.05) is 13.2 Å². The van der Waals surface area contributed by atoms with Crippen LogP contribution < -0.4 is 0 Å². The summed E-state index contributed by atoms with van der Waals surface area (Å²) in [6.45, 7) is 6.67. The molecule has 0 rings (SSSR count). The van der Waals surface area contributed by atoms with Gasteiger partial charge in [0.1, 0.15) is 13.2 Å². The Morgan fingerprint density at radius 3 is 0.786 bits per heavy atom. The molecule has 0 amide bonds. The van der Waals surface area contributed by atoms with Gasteiger partial charge in [-0.3, -0.25) is 14.4 Å². The van der Waals surface area contributed by atoms with Crippen LogP contribution in [0.25, 0.3) is 0 Å². The summed E-state index contributed by atoms with van der Waals surface area (Å²) in [5, 5.41) is 0. The van der Waals surface area contributed by atoms with Crippen LogP contribution in [-0.4, -0.2) is 37.2 Å². The van der Waals surface area contributed by atoms with Gasteiger partial charge in [-0.05, 0) is 44.9 Å². The summed E-state index contributed by atoms with van der Waals surface area (Å²) in [6, 6.07) is 0. The van der Waals surface area contributed by atoms with Gasteiger partial charge < -0.3 is 14.2 Å². The van der Waals surface area contributed by atoms with Crippen molar-refractivity contribution in [3.8, 4) is 0 Å². The highest BCUT2D eigenvalue weighted by molar-refractivity contribution is 5.71. The van der Waals surface area contributed by atoms with Crippen LogP contribution in [0.4, 0.5) is 0 Å². The maximum atomic E-state index is 12.9. The Kier molecular flexibility index (Phi) is 57.2. The molecule has 0 saturated heterocycles. The second-order valence-electron chi connectivity index (χ2n) is 21.0. The number of rotatable bonds is 57. The standard InChI is InChI=1S/C64H118O6/c1-4-7-10-13-16-19-22-25-28-31-33-36-39-42-45-48-51-54-57-63(66)69-60-61(59-68-62(65)56-53-50-47-44-41-38-35-30-27-24-21-18-15-12-9-6-3)70-64(67)58-55-52-49-46-43-40-37-34-32-29-26-23-20-17-14-11-8-5-2/h22,25,28,31,33,36,61H,4-21,23-24,26-27,29-30,32,34-35,37-60H2,1-3H3/b25-22-,31-28-,36-33-. The van der Waals surface area contributed by atoms with Gasteiger partial charge in [0, 0.05) is 19.3 Å². The maximum absolute atomic E-state index is 12.9. The number of hydrogen-bond acceptors (Lipinski definition) is 6. The van der Waals surface area contributed by atoms with Gasteiger partial charge in [0.25, 0.3) is 0 Å². The summed E-state index contributed by atoms with van der Waals surface area (Å²) in [7, 11) is 0. The number of esters is 3. The predicted octanol–water partition coefficient (Wildman–Crippen LogP) is 20.8. The molecule has 0 aliphatic heterocycles. The number of allylic oxidation sites excluding steroid dienone is 6. The van der Waals surface area contributed by atoms with Crippen LogP contribution in [0.1, 0.15) is 335 Å². The zero-order valence-electron chi connectivity index (χ0n) is 47.1. The summed E-state index contributed by atoms with van der Waals surface area (Å²) in [6.07, 6.45) is 71.4. The number of carbonyl (C=O) groups excluding carboxylic acids is 3. The van der Waals surface area contributed by atoms with E-state index >= 15 is 0 Å². The smallest absolute Gasteiger partial charge is 0.306 e. The van der Waals surface area contributed by atoms with E-state index in [4.69, 9.17) is 14.2 Å². The first-order chi connectivity index (χ1) is 34.5. The summed E-state index contributed by atoms with van der Waals surface area (Å²) >= 11 is 0. The molecule has 0 aromatic carbocycles. The van der Waals surface area contributed by atoms with Crippen molar-refractivity contribution in [3.05, 3.63) is 36.5 Å². The van der Waals surface area contributed by atoms with E-state index < -0.39 is 6.10 Å². The summed E-state index contributed by atoms with van der Waals surface area (Å²) < 4.78 is 16.9. The van der Waals surface area contributed by atoms with E-state index in [0.717, 1.165) is 77.0 Å². The Labute approximate surface area is 435 Å². The van der Waals surface area contributed by atoms with Crippen molar-refractivity contribution in [2.24, 2.45) is 0 Å². The molecule has 0 bridgehead atoms. The third-order valence-electron chi connectivity index (χ3n) is 14.0. The molecule has 0 aromatic rings. The first-order valence-electron chi connectivity index (χ1n) is 31.0. The molecule has 0 N–H and O–H groups in total. The summed E-state index contributed by atoms with van der Waals surface area (Å²) in [5.74, 6) is -0.869.